The lowest BCUT2D eigenvalue weighted by molar-refractivity contribution is -0.120. The lowest BCUT2D eigenvalue weighted by atomic mass is 10.2. The number of unbranched alkanes of at least 4 members (excludes halogenated alkanes) is 1. The molecule has 1 saturated heterocycles. The minimum atomic E-state index is 0.151. The van der Waals surface area contributed by atoms with Crippen molar-refractivity contribution >= 4 is 5.91 Å². The van der Waals surface area contributed by atoms with E-state index in [0.717, 1.165) is 39.0 Å². The van der Waals surface area contributed by atoms with Crippen LogP contribution in [-0.4, -0.2) is 68.6 Å². The summed E-state index contributed by atoms with van der Waals surface area (Å²) >= 11 is 0. The second kappa shape index (κ2) is 10.2. The molecule has 0 spiro atoms. The van der Waals surface area contributed by atoms with Crippen LogP contribution in [0.1, 0.15) is 32.1 Å². The molecule has 5 nitrogen and oxygen atoms in total. The van der Waals surface area contributed by atoms with Crippen molar-refractivity contribution in [2.24, 2.45) is 5.73 Å². The summed E-state index contributed by atoms with van der Waals surface area (Å²) in [6, 6.07) is 0. The molecule has 5 heteroatoms. The van der Waals surface area contributed by atoms with E-state index < -0.39 is 0 Å². The Morgan fingerprint density at radius 2 is 1.68 bits per heavy atom. The highest BCUT2D eigenvalue weighted by molar-refractivity contribution is 5.75. The first-order chi connectivity index (χ1) is 9.26. The minimum absolute atomic E-state index is 0.151. The molecule has 112 valence electrons. The second-order valence-corrected chi connectivity index (χ2v) is 5.31. The quantitative estimate of drug-likeness (QED) is 0.621. The lowest BCUT2D eigenvalue weighted by Crippen LogP contribution is -2.32. The van der Waals surface area contributed by atoms with Gasteiger partial charge in [-0.2, -0.15) is 0 Å². The third kappa shape index (κ3) is 7.50. The largest absolute Gasteiger partial charge is 0.359 e. The zero-order chi connectivity index (χ0) is 13.9. The van der Waals surface area contributed by atoms with Gasteiger partial charge in [-0.3, -0.25) is 4.79 Å². The number of carbonyl (C=O) groups is 1. The van der Waals surface area contributed by atoms with Crippen LogP contribution >= 0.6 is 0 Å². The van der Waals surface area contributed by atoms with E-state index in [9.17, 15) is 4.79 Å². The summed E-state index contributed by atoms with van der Waals surface area (Å²) in [4.78, 5) is 16.2. The zero-order valence-electron chi connectivity index (χ0n) is 12.4. The highest BCUT2D eigenvalue weighted by atomic mass is 16.1. The lowest BCUT2D eigenvalue weighted by Gasteiger charge is -2.21. The molecule has 0 aliphatic carbocycles. The van der Waals surface area contributed by atoms with Crippen LogP contribution in [0, 0.1) is 0 Å². The van der Waals surface area contributed by atoms with Crippen LogP contribution in [0.25, 0.3) is 0 Å². The summed E-state index contributed by atoms with van der Waals surface area (Å²) in [6.45, 7) is 7.70. The van der Waals surface area contributed by atoms with E-state index in [0.29, 0.717) is 6.42 Å². The Hall–Kier alpha value is -0.650. The van der Waals surface area contributed by atoms with Crippen molar-refractivity contribution in [2.75, 3.05) is 52.9 Å². The van der Waals surface area contributed by atoms with Crippen LogP contribution in [-0.2, 0) is 4.79 Å². The van der Waals surface area contributed by atoms with Crippen LogP contribution in [0.5, 0.6) is 0 Å². The second-order valence-electron chi connectivity index (χ2n) is 5.31. The molecule has 3 N–H and O–H groups in total. The summed E-state index contributed by atoms with van der Waals surface area (Å²) in [5.41, 5.74) is 5.53. The highest BCUT2D eigenvalue weighted by Crippen LogP contribution is 2.06. The Balaban J connectivity index is 2.13. The predicted octanol–water partition coefficient (Wildman–Crippen LogP) is 0.259. The topological polar surface area (TPSA) is 61.6 Å². The molecule has 0 radical (unpaired) electrons. The number of nitrogens with zero attached hydrogens (tertiary/aromatic N) is 2. The number of rotatable bonds is 8. The molecule has 1 fully saturated rings. The molecule has 1 amide bonds. The van der Waals surface area contributed by atoms with Gasteiger partial charge in [0.15, 0.2) is 0 Å². The van der Waals surface area contributed by atoms with Gasteiger partial charge in [-0.05, 0) is 58.4 Å². The van der Waals surface area contributed by atoms with Gasteiger partial charge in [-0.25, -0.2) is 0 Å². The average Bonchev–Trinajstić information content (AvgIpc) is 2.64. The monoisotopic (exact) mass is 270 g/mol. The van der Waals surface area contributed by atoms with Crippen LogP contribution in [0.4, 0.5) is 0 Å². The number of nitrogens with one attached hydrogen (secondary N) is 1. The smallest absolute Gasteiger partial charge is 0.219 e. The van der Waals surface area contributed by atoms with Crippen molar-refractivity contribution in [3.8, 4) is 0 Å². The van der Waals surface area contributed by atoms with E-state index in [1.165, 1.54) is 32.5 Å². The molecule has 0 aromatic heterocycles. The Bertz CT molecular complexity index is 248. The molecular weight excluding hydrogens is 240 g/mol. The van der Waals surface area contributed by atoms with Crippen LogP contribution < -0.4 is 11.1 Å². The first kappa shape index (κ1) is 16.4. The maximum absolute atomic E-state index is 11.2. The maximum atomic E-state index is 11.2. The SMILES string of the molecule is CNC(=O)CCCN1CCCN(CCCCN)CC1. The Kier molecular flexibility index (Phi) is 8.79. The fourth-order valence-electron chi connectivity index (χ4n) is 2.54. The number of hydrogen-bond donors (Lipinski definition) is 2. The Morgan fingerprint density at radius 3 is 2.26 bits per heavy atom. The van der Waals surface area contributed by atoms with Gasteiger partial charge in [0.25, 0.3) is 0 Å². The van der Waals surface area contributed by atoms with Gasteiger partial charge >= 0.3 is 0 Å². The molecular formula is C14H30N4O. The molecule has 0 bridgehead atoms. The van der Waals surface area contributed by atoms with Gasteiger partial charge in [0.1, 0.15) is 0 Å². The van der Waals surface area contributed by atoms with Crippen molar-refractivity contribution in [2.45, 2.75) is 32.1 Å². The number of carbonyl (C=O) groups excluding carboxylic acids is 1. The van der Waals surface area contributed by atoms with Gasteiger partial charge < -0.3 is 20.9 Å². The van der Waals surface area contributed by atoms with Gasteiger partial charge in [0.2, 0.25) is 5.91 Å². The minimum Gasteiger partial charge on any atom is -0.359 e. The summed E-state index contributed by atoms with van der Waals surface area (Å²) in [6.07, 6.45) is 5.20. The van der Waals surface area contributed by atoms with Crippen LogP contribution in [0.2, 0.25) is 0 Å². The first-order valence-electron chi connectivity index (χ1n) is 7.61. The third-order valence-electron chi connectivity index (χ3n) is 3.77. The zero-order valence-corrected chi connectivity index (χ0v) is 12.4. The molecule has 1 aliphatic rings. The molecule has 0 aromatic carbocycles. The molecule has 1 rings (SSSR count). The average molecular weight is 270 g/mol. The predicted molar refractivity (Wildman–Crippen MR) is 79.1 cm³/mol. The van der Waals surface area contributed by atoms with E-state index in [2.05, 4.69) is 15.1 Å². The van der Waals surface area contributed by atoms with Crippen molar-refractivity contribution < 1.29 is 4.79 Å². The van der Waals surface area contributed by atoms with Crippen LogP contribution in [0.3, 0.4) is 0 Å². The normalized spacial score (nSPS) is 18.2. The van der Waals surface area contributed by atoms with Crippen molar-refractivity contribution in [1.82, 2.24) is 15.1 Å². The van der Waals surface area contributed by atoms with Crippen LogP contribution in [0.15, 0.2) is 0 Å². The van der Waals surface area contributed by atoms with E-state index in [4.69, 9.17) is 5.73 Å². The Labute approximate surface area is 117 Å². The number of hydrogen-bond acceptors (Lipinski definition) is 4. The molecule has 1 aliphatic heterocycles. The van der Waals surface area contributed by atoms with E-state index >= 15 is 0 Å². The van der Waals surface area contributed by atoms with Gasteiger partial charge in [0.05, 0.1) is 0 Å². The third-order valence-corrected chi connectivity index (χ3v) is 3.77. The van der Waals surface area contributed by atoms with E-state index in [-0.39, 0.29) is 5.91 Å². The Morgan fingerprint density at radius 1 is 1.05 bits per heavy atom. The molecule has 19 heavy (non-hydrogen) atoms. The summed E-state index contributed by atoms with van der Waals surface area (Å²) in [7, 11) is 1.70. The van der Waals surface area contributed by atoms with Gasteiger partial charge in [-0.1, -0.05) is 0 Å². The van der Waals surface area contributed by atoms with Crippen molar-refractivity contribution in [3.05, 3.63) is 0 Å². The fourth-order valence-corrected chi connectivity index (χ4v) is 2.54. The highest BCUT2D eigenvalue weighted by Gasteiger charge is 2.14. The van der Waals surface area contributed by atoms with Crippen molar-refractivity contribution in [3.63, 3.8) is 0 Å². The first-order valence-corrected chi connectivity index (χ1v) is 7.61. The number of nitrogens with two attached hydrogens (primary N) is 1. The molecule has 0 aromatic rings. The molecule has 0 atom stereocenters. The summed E-state index contributed by atoms with van der Waals surface area (Å²) in [5.74, 6) is 0.151. The van der Waals surface area contributed by atoms with Gasteiger partial charge in [0, 0.05) is 26.6 Å². The maximum Gasteiger partial charge on any atom is 0.219 e. The molecule has 0 saturated carbocycles. The van der Waals surface area contributed by atoms with E-state index in [1.807, 2.05) is 0 Å². The number of amides is 1. The molecule has 1 heterocycles. The summed E-state index contributed by atoms with van der Waals surface area (Å²) in [5, 5.41) is 2.67. The summed E-state index contributed by atoms with van der Waals surface area (Å²) < 4.78 is 0. The van der Waals surface area contributed by atoms with Crippen molar-refractivity contribution in [1.29, 1.82) is 0 Å². The van der Waals surface area contributed by atoms with Gasteiger partial charge in [-0.15, -0.1) is 0 Å². The standard InChI is InChI=1S/C14H30N4O/c1-16-14(19)6-4-9-18-11-5-10-17(12-13-18)8-3-2-7-15/h2-13,15H2,1H3,(H,16,19). The fraction of sp³-hybridized carbons (Fsp3) is 0.929. The molecule has 0 unspecified atom stereocenters. The van der Waals surface area contributed by atoms with E-state index in [1.54, 1.807) is 7.05 Å².